The fourth-order valence-corrected chi connectivity index (χ4v) is 2.36. The lowest BCUT2D eigenvalue weighted by Gasteiger charge is -2.17. The topological polar surface area (TPSA) is 32.3 Å². The maximum absolute atomic E-state index is 9.51. The molecule has 2 rings (SSSR count). The summed E-state index contributed by atoms with van der Waals surface area (Å²) in [6.45, 7) is 1.87. The van der Waals surface area contributed by atoms with Crippen molar-refractivity contribution in [3.05, 3.63) is 11.6 Å². The van der Waals surface area contributed by atoms with E-state index in [2.05, 4.69) is 11.4 Å². The Kier molecular flexibility index (Phi) is 2.20. The number of aliphatic hydroxyl groups is 1. The Labute approximate surface area is 73.7 Å². The quantitative estimate of drug-likeness (QED) is 0.575. The van der Waals surface area contributed by atoms with Gasteiger partial charge in [-0.15, -0.1) is 0 Å². The molecule has 12 heavy (non-hydrogen) atoms. The molecular formula is C10H17NO. The van der Waals surface area contributed by atoms with Crippen LogP contribution in [0.15, 0.2) is 11.6 Å². The third kappa shape index (κ3) is 1.41. The molecule has 1 fully saturated rings. The number of nitrogens with one attached hydrogen (secondary N) is 1. The van der Waals surface area contributed by atoms with E-state index in [0.717, 1.165) is 6.42 Å². The lowest BCUT2D eigenvalue weighted by atomic mass is 9.97. The first-order chi connectivity index (χ1) is 5.77. The van der Waals surface area contributed by atoms with Crippen LogP contribution in [0.1, 0.15) is 32.6 Å². The van der Waals surface area contributed by atoms with Gasteiger partial charge in [0.25, 0.3) is 0 Å². The summed E-state index contributed by atoms with van der Waals surface area (Å²) < 4.78 is 0. The smallest absolute Gasteiger partial charge is 0.0737 e. The number of allylic oxidation sites excluding steroid dienone is 1. The Bertz CT molecular complexity index is 198. The van der Waals surface area contributed by atoms with Crippen LogP contribution in [0.5, 0.6) is 0 Å². The molecule has 2 aliphatic heterocycles. The van der Waals surface area contributed by atoms with Crippen LogP contribution in [0.4, 0.5) is 0 Å². The van der Waals surface area contributed by atoms with Gasteiger partial charge in [-0.1, -0.05) is 6.08 Å². The molecule has 3 atom stereocenters. The van der Waals surface area contributed by atoms with Crippen molar-refractivity contribution in [2.24, 2.45) is 0 Å². The van der Waals surface area contributed by atoms with E-state index in [1.165, 1.54) is 24.8 Å². The van der Waals surface area contributed by atoms with Crippen molar-refractivity contribution in [1.29, 1.82) is 0 Å². The standard InChI is InChI=1S/C10H17NO/c1-7(12)9-4-2-3-8-5-6-10(9)11-8/h4,7-8,10-12H,2-3,5-6H2,1H3. The molecule has 0 aromatic rings. The van der Waals surface area contributed by atoms with Gasteiger partial charge in [-0.25, -0.2) is 0 Å². The van der Waals surface area contributed by atoms with Gasteiger partial charge >= 0.3 is 0 Å². The molecule has 0 aromatic heterocycles. The maximum Gasteiger partial charge on any atom is 0.0737 e. The minimum atomic E-state index is -0.264. The minimum Gasteiger partial charge on any atom is -0.389 e. The van der Waals surface area contributed by atoms with Crippen molar-refractivity contribution in [1.82, 2.24) is 5.32 Å². The Hall–Kier alpha value is -0.340. The first kappa shape index (κ1) is 8.27. The van der Waals surface area contributed by atoms with Crippen LogP contribution in [-0.2, 0) is 0 Å². The summed E-state index contributed by atoms with van der Waals surface area (Å²) in [5, 5.41) is 13.1. The van der Waals surface area contributed by atoms with Gasteiger partial charge in [0.1, 0.15) is 0 Å². The van der Waals surface area contributed by atoms with E-state index in [9.17, 15) is 5.11 Å². The van der Waals surface area contributed by atoms with Crippen molar-refractivity contribution in [2.75, 3.05) is 0 Å². The van der Waals surface area contributed by atoms with Crippen molar-refractivity contribution in [3.8, 4) is 0 Å². The van der Waals surface area contributed by atoms with E-state index >= 15 is 0 Å². The molecule has 0 saturated carbocycles. The molecule has 2 aliphatic rings. The molecule has 0 aromatic carbocycles. The van der Waals surface area contributed by atoms with Gasteiger partial charge in [-0.05, 0) is 38.2 Å². The first-order valence-electron chi connectivity index (χ1n) is 4.91. The normalized spacial score (nSPS) is 37.3. The van der Waals surface area contributed by atoms with Crippen LogP contribution < -0.4 is 5.32 Å². The second-order valence-electron chi connectivity index (χ2n) is 3.95. The third-order valence-electron chi connectivity index (χ3n) is 3.02. The Morgan fingerprint density at radius 3 is 3.08 bits per heavy atom. The van der Waals surface area contributed by atoms with Crippen molar-refractivity contribution in [3.63, 3.8) is 0 Å². The molecule has 1 saturated heterocycles. The number of aliphatic hydroxyl groups excluding tert-OH is 1. The molecule has 68 valence electrons. The maximum atomic E-state index is 9.51. The Morgan fingerprint density at radius 2 is 2.33 bits per heavy atom. The highest BCUT2D eigenvalue weighted by Crippen LogP contribution is 2.27. The van der Waals surface area contributed by atoms with Crippen LogP contribution >= 0.6 is 0 Å². The first-order valence-corrected chi connectivity index (χ1v) is 4.91. The molecule has 0 spiro atoms. The zero-order valence-corrected chi connectivity index (χ0v) is 7.59. The number of rotatable bonds is 1. The highest BCUT2D eigenvalue weighted by Gasteiger charge is 2.29. The predicted octanol–water partition coefficient (Wildman–Crippen LogP) is 1.21. The molecular weight excluding hydrogens is 150 g/mol. The highest BCUT2D eigenvalue weighted by atomic mass is 16.3. The summed E-state index contributed by atoms with van der Waals surface area (Å²) >= 11 is 0. The summed E-state index contributed by atoms with van der Waals surface area (Å²) in [7, 11) is 0. The lowest BCUT2D eigenvalue weighted by molar-refractivity contribution is 0.221. The van der Waals surface area contributed by atoms with Crippen molar-refractivity contribution < 1.29 is 5.11 Å². The summed E-state index contributed by atoms with van der Waals surface area (Å²) in [5.74, 6) is 0. The second-order valence-corrected chi connectivity index (χ2v) is 3.95. The van der Waals surface area contributed by atoms with Gasteiger partial charge in [0, 0.05) is 12.1 Å². The van der Waals surface area contributed by atoms with Gasteiger partial charge in [-0.3, -0.25) is 0 Å². The molecule has 0 radical (unpaired) electrons. The molecule has 2 nitrogen and oxygen atoms in total. The zero-order chi connectivity index (χ0) is 8.55. The van der Waals surface area contributed by atoms with E-state index in [1.54, 1.807) is 0 Å². The predicted molar refractivity (Wildman–Crippen MR) is 48.9 cm³/mol. The highest BCUT2D eigenvalue weighted by molar-refractivity contribution is 5.19. The molecule has 0 amide bonds. The number of hydrogen-bond donors (Lipinski definition) is 2. The summed E-state index contributed by atoms with van der Waals surface area (Å²) in [4.78, 5) is 0. The SMILES string of the molecule is CC(O)C1=CCCC2CCC1N2. The fraction of sp³-hybridized carbons (Fsp3) is 0.800. The van der Waals surface area contributed by atoms with Crippen LogP contribution in [0, 0.1) is 0 Å². The van der Waals surface area contributed by atoms with Gasteiger partial charge in [0.2, 0.25) is 0 Å². The van der Waals surface area contributed by atoms with Gasteiger partial charge < -0.3 is 10.4 Å². The molecule has 3 unspecified atom stereocenters. The van der Waals surface area contributed by atoms with E-state index in [1.807, 2.05) is 6.92 Å². The average molecular weight is 167 g/mol. The van der Waals surface area contributed by atoms with Crippen molar-refractivity contribution in [2.45, 2.75) is 50.8 Å². The average Bonchev–Trinajstić information content (AvgIpc) is 2.30. The lowest BCUT2D eigenvalue weighted by Crippen LogP contribution is -2.32. The number of hydrogen-bond acceptors (Lipinski definition) is 2. The van der Waals surface area contributed by atoms with E-state index in [0.29, 0.717) is 12.1 Å². The molecule has 2 bridgehead atoms. The Balaban J connectivity index is 2.15. The summed E-state index contributed by atoms with van der Waals surface area (Å²) in [6, 6.07) is 1.18. The molecule has 0 aliphatic carbocycles. The Morgan fingerprint density at radius 1 is 1.50 bits per heavy atom. The molecule has 2 heterocycles. The van der Waals surface area contributed by atoms with Crippen LogP contribution in [0.25, 0.3) is 0 Å². The second kappa shape index (κ2) is 3.19. The third-order valence-corrected chi connectivity index (χ3v) is 3.02. The van der Waals surface area contributed by atoms with Crippen molar-refractivity contribution >= 4 is 0 Å². The molecule has 2 N–H and O–H groups in total. The van der Waals surface area contributed by atoms with Crippen LogP contribution in [0.3, 0.4) is 0 Å². The number of fused-ring (bicyclic) bond motifs is 2. The fourth-order valence-electron chi connectivity index (χ4n) is 2.36. The van der Waals surface area contributed by atoms with E-state index in [4.69, 9.17) is 0 Å². The largest absolute Gasteiger partial charge is 0.389 e. The van der Waals surface area contributed by atoms with Crippen LogP contribution in [0.2, 0.25) is 0 Å². The minimum absolute atomic E-state index is 0.264. The van der Waals surface area contributed by atoms with Gasteiger partial charge in [-0.2, -0.15) is 0 Å². The van der Waals surface area contributed by atoms with E-state index in [-0.39, 0.29) is 6.10 Å². The van der Waals surface area contributed by atoms with Crippen LogP contribution in [-0.4, -0.2) is 23.3 Å². The molecule has 2 heteroatoms. The zero-order valence-electron chi connectivity index (χ0n) is 7.59. The van der Waals surface area contributed by atoms with Gasteiger partial charge in [0.15, 0.2) is 0 Å². The van der Waals surface area contributed by atoms with E-state index < -0.39 is 0 Å². The summed E-state index contributed by atoms with van der Waals surface area (Å²) in [5.41, 5.74) is 1.22. The monoisotopic (exact) mass is 167 g/mol. The summed E-state index contributed by atoms with van der Waals surface area (Å²) in [6.07, 6.45) is 6.83. The van der Waals surface area contributed by atoms with Gasteiger partial charge in [0.05, 0.1) is 6.10 Å².